The molecule has 1 aromatic carbocycles. The van der Waals surface area contributed by atoms with E-state index in [0.717, 1.165) is 12.8 Å². The third-order valence-corrected chi connectivity index (χ3v) is 5.05. The molecule has 1 heterocycles. The molecule has 0 bridgehead atoms. The Kier molecular flexibility index (Phi) is 3.31. The van der Waals surface area contributed by atoms with Crippen LogP contribution in [0.3, 0.4) is 0 Å². The maximum Gasteiger partial charge on any atom is 0.320 e. The Morgan fingerprint density at radius 3 is 2.63 bits per heavy atom. The van der Waals surface area contributed by atoms with Crippen molar-refractivity contribution in [3.05, 3.63) is 35.9 Å². The van der Waals surface area contributed by atoms with Crippen molar-refractivity contribution in [1.82, 2.24) is 4.90 Å². The zero-order valence-corrected chi connectivity index (χ0v) is 11.3. The predicted octanol–water partition coefficient (Wildman–Crippen LogP) is 2.73. The molecule has 102 valence electrons. The second kappa shape index (κ2) is 4.97. The Balaban J connectivity index is 1.75. The molecule has 3 nitrogen and oxygen atoms in total. The van der Waals surface area contributed by atoms with Gasteiger partial charge in [-0.3, -0.25) is 9.69 Å². The summed E-state index contributed by atoms with van der Waals surface area (Å²) >= 11 is 0. The van der Waals surface area contributed by atoms with Gasteiger partial charge in [0.2, 0.25) is 0 Å². The fourth-order valence-electron chi connectivity index (χ4n) is 3.97. The molecule has 2 aliphatic rings. The van der Waals surface area contributed by atoms with Crippen LogP contribution < -0.4 is 0 Å². The highest BCUT2D eigenvalue weighted by Crippen LogP contribution is 2.44. The summed E-state index contributed by atoms with van der Waals surface area (Å²) in [5, 5.41) is 9.27. The van der Waals surface area contributed by atoms with E-state index in [-0.39, 0.29) is 6.04 Å². The van der Waals surface area contributed by atoms with E-state index in [4.69, 9.17) is 0 Å². The van der Waals surface area contributed by atoms with Crippen molar-refractivity contribution < 1.29 is 9.90 Å². The number of likely N-dealkylation sites (tertiary alicyclic amines) is 1. The van der Waals surface area contributed by atoms with E-state index in [9.17, 15) is 9.90 Å². The highest BCUT2D eigenvalue weighted by molar-refractivity contribution is 5.74. The van der Waals surface area contributed by atoms with E-state index in [1.165, 1.54) is 18.4 Å². The summed E-state index contributed by atoms with van der Waals surface area (Å²) in [7, 11) is 1.98. The highest BCUT2D eigenvalue weighted by atomic mass is 16.4. The Bertz CT molecular complexity index is 459. The van der Waals surface area contributed by atoms with Crippen molar-refractivity contribution in [2.24, 2.45) is 5.92 Å². The van der Waals surface area contributed by atoms with E-state index >= 15 is 0 Å². The summed E-state index contributed by atoms with van der Waals surface area (Å²) in [6, 6.07) is 10.8. The van der Waals surface area contributed by atoms with Gasteiger partial charge >= 0.3 is 5.97 Å². The molecule has 1 aromatic rings. The van der Waals surface area contributed by atoms with E-state index in [0.29, 0.717) is 17.9 Å². The number of rotatable bonds is 2. The lowest BCUT2D eigenvalue weighted by Crippen LogP contribution is -2.40. The molecule has 4 atom stereocenters. The summed E-state index contributed by atoms with van der Waals surface area (Å²) in [5.41, 5.74) is 1.41. The average molecular weight is 259 g/mol. The van der Waals surface area contributed by atoms with Gasteiger partial charge in [-0.15, -0.1) is 0 Å². The number of carboxylic acid groups (broad SMARTS) is 1. The number of hydrogen-bond acceptors (Lipinski definition) is 2. The lowest BCUT2D eigenvalue weighted by molar-refractivity contribution is -0.142. The van der Waals surface area contributed by atoms with Gasteiger partial charge in [0.05, 0.1) is 0 Å². The van der Waals surface area contributed by atoms with Gasteiger partial charge in [0.25, 0.3) is 0 Å². The molecule has 0 spiro atoms. The van der Waals surface area contributed by atoms with Crippen LogP contribution in [0.5, 0.6) is 0 Å². The highest BCUT2D eigenvalue weighted by Gasteiger charge is 2.45. The van der Waals surface area contributed by atoms with Crippen LogP contribution in [0.2, 0.25) is 0 Å². The molecule has 1 aliphatic carbocycles. The van der Waals surface area contributed by atoms with E-state index in [1.807, 2.05) is 7.05 Å². The normalized spacial score (nSPS) is 35.0. The second-order valence-electron chi connectivity index (χ2n) is 6.00. The fourth-order valence-corrected chi connectivity index (χ4v) is 3.97. The van der Waals surface area contributed by atoms with Gasteiger partial charge in [-0.25, -0.2) is 0 Å². The number of hydrogen-bond donors (Lipinski definition) is 1. The van der Waals surface area contributed by atoms with Crippen LogP contribution in [0.15, 0.2) is 30.3 Å². The SMILES string of the molecule is CN1[C@@H]2CC(c3ccccc3)CC[C@@H]2C[C@H]1C(=O)O. The van der Waals surface area contributed by atoms with Gasteiger partial charge < -0.3 is 5.11 Å². The Hall–Kier alpha value is -1.35. The lowest BCUT2D eigenvalue weighted by Gasteiger charge is -2.35. The first kappa shape index (κ1) is 12.7. The van der Waals surface area contributed by atoms with Crippen LogP contribution in [0.1, 0.15) is 37.2 Å². The van der Waals surface area contributed by atoms with Crippen LogP contribution in [0, 0.1) is 5.92 Å². The van der Waals surface area contributed by atoms with E-state index < -0.39 is 5.97 Å². The summed E-state index contributed by atoms with van der Waals surface area (Å²) in [4.78, 5) is 13.4. The van der Waals surface area contributed by atoms with Crippen molar-refractivity contribution >= 4 is 5.97 Å². The molecular formula is C16H21NO2. The van der Waals surface area contributed by atoms with E-state index in [2.05, 4.69) is 35.2 Å². The van der Waals surface area contributed by atoms with Gasteiger partial charge in [0.15, 0.2) is 0 Å². The van der Waals surface area contributed by atoms with Gasteiger partial charge in [-0.2, -0.15) is 0 Å². The molecule has 1 saturated carbocycles. The van der Waals surface area contributed by atoms with Gasteiger partial charge in [-0.1, -0.05) is 30.3 Å². The first-order valence-electron chi connectivity index (χ1n) is 7.16. The summed E-state index contributed by atoms with van der Waals surface area (Å²) in [5.74, 6) is 0.511. The Morgan fingerprint density at radius 2 is 1.95 bits per heavy atom. The first-order valence-corrected chi connectivity index (χ1v) is 7.16. The number of carbonyl (C=O) groups is 1. The quantitative estimate of drug-likeness (QED) is 0.887. The van der Waals surface area contributed by atoms with Gasteiger partial charge in [0.1, 0.15) is 6.04 Å². The van der Waals surface area contributed by atoms with Crippen LogP contribution in [-0.4, -0.2) is 35.1 Å². The second-order valence-corrected chi connectivity index (χ2v) is 6.00. The zero-order valence-electron chi connectivity index (χ0n) is 11.3. The zero-order chi connectivity index (χ0) is 13.4. The number of benzene rings is 1. The predicted molar refractivity (Wildman–Crippen MR) is 74.1 cm³/mol. The van der Waals surface area contributed by atoms with Crippen molar-refractivity contribution in [3.8, 4) is 0 Å². The lowest BCUT2D eigenvalue weighted by atomic mass is 9.76. The number of aliphatic carboxylic acids is 1. The molecule has 3 heteroatoms. The minimum Gasteiger partial charge on any atom is -0.480 e. The Morgan fingerprint density at radius 1 is 1.21 bits per heavy atom. The Labute approximate surface area is 114 Å². The third kappa shape index (κ3) is 2.27. The van der Waals surface area contributed by atoms with Crippen molar-refractivity contribution in [1.29, 1.82) is 0 Å². The third-order valence-electron chi connectivity index (χ3n) is 5.05. The minimum absolute atomic E-state index is 0.274. The molecule has 0 aromatic heterocycles. The fraction of sp³-hybridized carbons (Fsp3) is 0.562. The van der Waals surface area contributed by atoms with Crippen molar-refractivity contribution in [3.63, 3.8) is 0 Å². The molecule has 1 unspecified atom stereocenters. The van der Waals surface area contributed by atoms with Gasteiger partial charge in [0, 0.05) is 6.04 Å². The summed E-state index contributed by atoms with van der Waals surface area (Å²) in [6.07, 6.45) is 4.30. The van der Waals surface area contributed by atoms with Crippen molar-refractivity contribution in [2.75, 3.05) is 7.05 Å². The van der Waals surface area contributed by atoms with Crippen LogP contribution >= 0.6 is 0 Å². The molecule has 1 N–H and O–H groups in total. The first-order chi connectivity index (χ1) is 9.16. The molecule has 19 heavy (non-hydrogen) atoms. The summed E-state index contributed by atoms with van der Waals surface area (Å²) in [6.45, 7) is 0. The number of likely N-dealkylation sites (N-methyl/N-ethyl adjacent to an activating group) is 1. The largest absolute Gasteiger partial charge is 0.480 e. The molecule has 0 amide bonds. The standard InChI is InChI=1S/C16H21NO2/c1-17-14-9-12(11-5-3-2-4-6-11)7-8-13(14)10-15(17)16(18)19/h2-6,12-15H,7-10H2,1H3,(H,18,19)/t12?,13-,14-,15+/m1/s1. The monoisotopic (exact) mass is 259 g/mol. The molecule has 2 fully saturated rings. The van der Waals surface area contributed by atoms with Gasteiger partial charge in [-0.05, 0) is 50.1 Å². The number of nitrogens with zero attached hydrogens (tertiary/aromatic N) is 1. The molecular weight excluding hydrogens is 238 g/mol. The number of fused-ring (bicyclic) bond motifs is 1. The molecule has 1 aliphatic heterocycles. The molecule has 0 radical (unpaired) electrons. The topological polar surface area (TPSA) is 40.5 Å². The molecule has 3 rings (SSSR count). The van der Waals surface area contributed by atoms with E-state index in [1.54, 1.807) is 0 Å². The maximum atomic E-state index is 11.3. The van der Waals surface area contributed by atoms with Crippen molar-refractivity contribution in [2.45, 2.75) is 43.7 Å². The molecule has 1 saturated heterocycles. The maximum absolute atomic E-state index is 11.3. The van der Waals surface area contributed by atoms with Crippen LogP contribution in [-0.2, 0) is 4.79 Å². The smallest absolute Gasteiger partial charge is 0.320 e. The minimum atomic E-state index is -0.659. The summed E-state index contributed by atoms with van der Waals surface area (Å²) < 4.78 is 0. The number of carboxylic acids is 1. The van der Waals surface area contributed by atoms with Crippen LogP contribution in [0.4, 0.5) is 0 Å². The van der Waals surface area contributed by atoms with Crippen LogP contribution in [0.25, 0.3) is 0 Å². The average Bonchev–Trinajstić information content (AvgIpc) is 2.77.